The summed E-state index contributed by atoms with van der Waals surface area (Å²) in [5, 5.41) is 9.69. The lowest BCUT2D eigenvalue weighted by Crippen LogP contribution is -2.28. The van der Waals surface area contributed by atoms with Gasteiger partial charge >= 0.3 is 5.97 Å². The first kappa shape index (κ1) is 12.1. The molecule has 0 spiro atoms. The van der Waals surface area contributed by atoms with E-state index in [0.29, 0.717) is 6.54 Å². The number of likely N-dealkylation sites (N-methyl/N-ethyl adjacent to an activating group) is 1. The van der Waals surface area contributed by atoms with Crippen LogP contribution < -0.4 is 0 Å². The molecule has 0 fully saturated rings. The molecule has 0 atom stereocenters. The van der Waals surface area contributed by atoms with Crippen molar-refractivity contribution in [2.24, 2.45) is 0 Å². The molecule has 4 nitrogen and oxygen atoms in total. The molecule has 1 aromatic heterocycles. The zero-order valence-corrected chi connectivity index (χ0v) is 10.1. The average molecular weight is 228 g/mol. The van der Waals surface area contributed by atoms with Gasteiger partial charge in [-0.3, -0.25) is 9.69 Å². The van der Waals surface area contributed by atoms with Gasteiger partial charge in [0.05, 0.1) is 18.8 Å². The number of aromatic nitrogens is 1. The standard InChI is InChI=1S/C10H16N2O2S/c1-4-12(6-10(13)14)5-9-11-7(2)8(3)15-9/h4-6H2,1-3H3,(H,13,14). The number of carboxylic acid groups (broad SMARTS) is 1. The predicted molar refractivity (Wildman–Crippen MR) is 60.2 cm³/mol. The van der Waals surface area contributed by atoms with Crippen molar-refractivity contribution in [3.05, 3.63) is 15.6 Å². The van der Waals surface area contributed by atoms with Gasteiger partial charge in [0.2, 0.25) is 0 Å². The van der Waals surface area contributed by atoms with Gasteiger partial charge in [-0.1, -0.05) is 6.92 Å². The Morgan fingerprint density at radius 2 is 2.20 bits per heavy atom. The molecule has 0 aliphatic carbocycles. The zero-order valence-electron chi connectivity index (χ0n) is 9.28. The van der Waals surface area contributed by atoms with Crippen molar-refractivity contribution in [1.82, 2.24) is 9.88 Å². The Hall–Kier alpha value is -0.940. The maximum Gasteiger partial charge on any atom is 0.317 e. The van der Waals surface area contributed by atoms with Crippen LogP contribution in [0.4, 0.5) is 0 Å². The van der Waals surface area contributed by atoms with Gasteiger partial charge in [0.25, 0.3) is 0 Å². The van der Waals surface area contributed by atoms with Crippen LogP contribution in [0.25, 0.3) is 0 Å². The highest BCUT2D eigenvalue weighted by Gasteiger charge is 2.11. The van der Waals surface area contributed by atoms with E-state index in [0.717, 1.165) is 17.2 Å². The zero-order chi connectivity index (χ0) is 11.4. The molecule has 1 N–H and O–H groups in total. The third-order valence-electron chi connectivity index (χ3n) is 2.24. The van der Waals surface area contributed by atoms with Crippen LogP contribution in [0.15, 0.2) is 0 Å². The Morgan fingerprint density at radius 1 is 1.53 bits per heavy atom. The quantitative estimate of drug-likeness (QED) is 0.833. The van der Waals surface area contributed by atoms with Crippen molar-refractivity contribution < 1.29 is 9.90 Å². The first-order chi connectivity index (χ1) is 7.02. The molecule has 0 aromatic carbocycles. The maximum atomic E-state index is 10.6. The topological polar surface area (TPSA) is 53.4 Å². The summed E-state index contributed by atoms with van der Waals surface area (Å²) in [6.45, 7) is 7.39. The Labute approximate surface area is 93.6 Å². The van der Waals surface area contributed by atoms with Gasteiger partial charge in [0, 0.05) is 4.88 Å². The first-order valence-electron chi connectivity index (χ1n) is 4.90. The number of hydrogen-bond donors (Lipinski definition) is 1. The van der Waals surface area contributed by atoms with E-state index in [9.17, 15) is 4.79 Å². The minimum atomic E-state index is -0.790. The van der Waals surface area contributed by atoms with Crippen LogP contribution in [0.3, 0.4) is 0 Å². The van der Waals surface area contributed by atoms with Crippen molar-refractivity contribution in [2.75, 3.05) is 13.1 Å². The number of aryl methyl sites for hydroxylation is 2. The van der Waals surface area contributed by atoms with Crippen LogP contribution >= 0.6 is 11.3 Å². The van der Waals surface area contributed by atoms with Crippen LogP contribution in [0.2, 0.25) is 0 Å². The number of carbonyl (C=O) groups is 1. The van der Waals surface area contributed by atoms with E-state index in [1.165, 1.54) is 4.88 Å². The van der Waals surface area contributed by atoms with Gasteiger partial charge in [-0.2, -0.15) is 0 Å². The van der Waals surface area contributed by atoms with E-state index in [4.69, 9.17) is 5.11 Å². The molecule has 0 saturated heterocycles. The number of rotatable bonds is 5. The van der Waals surface area contributed by atoms with Gasteiger partial charge < -0.3 is 5.11 Å². The third-order valence-corrected chi connectivity index (χ3v) is 3.30. The largest absolute Gasteiger partial charge is 0.480 e. The van der Waals surface area contributed by atoms with E-state index in [1.807, 2.05) is 25.7 Å². The lowest BCUT2D eigenvalue weighted by Gasteiger charge is -2.15. The molecule has 0 saturated carbocycles. The summed E-state index contributed by atoms with van der Waals surface area (Å²) in [6, 6.07) is 0. The van der Waals surface area contributed by atoms with Crippen molar-refractivity contribution in [1.29, 1.82) is 0 Å². The monoisotopic (exact) mass is 228 g/mol. The van der Waals surface area contributed by atoms with Gasteiger partial charge in [-0.05, 0) is 20.4 Å². The summed E-state index contributed by atoms with van der Waals surface area (Å²) >= 11 is 1.64. The first-order valence-corrected chi connectivity index (χ1v) is 5.71. The molecule has 15 heavy (non-hydrogen) atoms. The fourth-order valence-electron chi connectivity index (χ4n) is 1.27. The third kappa shape index (κ3) is 3.60. The molecule has 1 rings (SSSR count). The van der Waals surface area contributed by atoms with E-state index < -0.39 is 5.97 Å². The minimum absolute atomic E-state index is 0.0776. The van der Waals surface area contributed by atoms with Crippen molar-refractivity contribution in [3.63, 3.8) is 0 Å². The molecule has 0 amide bonds. The molecule has 5 heteroatoms. The highest BCUT2D eigenvalue weighted by atomic mass is 32.1. The Balaban J connectivity index is 2.62. The van der Waals surface area contributed by atoms with Crippen LogP contribution in [0.5, 0.6) is 0 Å². The SMILES string of the molecule is CCN(CC(=O)O)Cc1nc(C)c(C)s1. The summed E-state index contributed by atoms with van der Waals surface area (Å²) in [5.41, 5.74) is 1.04. The van der Waals surface area contributed by atoms with Crippen LogP contribution in [-0.2, 0) is 11.3 Å². The van der Waals surface area contributed by atoms with Gasteiger partial charge in [0.1, 0.15) is 5.01 Å². The second-order valence-electron chi connectivity index (χ2n) is 3.45. The molecule has 0 aliphatic rings. The Kier molecular flexibility index (Phi) is 4.23. The van der Waals surface area contributed by atoms with Crippen molar-refractivity contribution in [2.45, 2.75) is 27.3 Å². The number of carboxylic acids is 1. The molecule has 1 heterocycles. The predicted octanol–water partition coefficient (Wildman–Crippen LogP) is 1.67. The Morgan fingerprint density at radius 3 is 2.60 bits per heavy atom. The lowest BCUT2D eigenvalue weighted by atomic mass is 10.4. The molecular formula is C10H16N2O2S. The highest BCUT2D eigenvalue weighted by Crippen LogP contribution is 2.17. The van der Waals surface area contributed by atoms with E-state index in [2.05, 4.69) is 4.98 Å². The number of aliphatic carboxylic acids is 1. The van der Waals surface area contributed by atoms with Gasteiger partial charge in [0.15, 0.2) is 0 Å². The molecule has 0 unspecified atom stereocenters. The molecule has 1 aromatic rings. The van der Waals surface area contributed by atoms with Gasteiger partial charge in [-0.15, -0.1) is 11.3 Å². The number of thiazole rings is 1. The molecule has 0 bridgehead atoms. The highest BCUT2D eigenvalue weighted by molar-refractivity contribution is 7.11. The Bertz CT molecular complexity index is 330. The number of nitrogens with zero attached hydrogens (tertiary/aromatic N) is 2. The molecule has 0 radical (unpaired) electrons. The van der Waals surface area contributed by atoms with Crippen molar-refractivity contribution in [3.8, 4) is 0 Å². The fraction of sp³-hybridized carbons (Fsp3) is 0.600. The fourth-order valence-corrected chi connectivity index (χ4v) is 2.25. The van der Waals surface area contributed by atoms with E-state index in [-0.39, 0.29) is 6.54 Å². The van der Waals surface area contributed by atoms with Crippen molar-refractivity contribution >= 4 is 17.3 Å². The summed E-state index contributed by atoms with van der Waals surface area (Å²) in [7, 11) is 0. The molecule has 84 valence electrons. The normalized spacial score (nSPS) is 10.9. The summed E-state index contributed by atoms with van der Waals surface area (Å²) in [6.07, 6.45) is 0. The van der Waals surface area contributed by atoms with E-state index in [1.54, 1.807) is 11.3 Å². The summed E-state index contributed by atoms with van der Waals surface area (Å²) in [5.74, 6) is -0.790. The molecule has 0 aliphatic heterocycles. The van der Waals surface area contributed by atoms with E-state index >= 15 is 0 Å². The summed E-state index contributed by atoms with van der Waals surface area (Å²) < 4.78 is 0. The maximum absolute atomic E-state index is 10.6. The second kappa shape index (κ2) is 5.23. The lowest BCUT2D eigenvalue weighted by molar-refractivity contribution is -0.138. The van der Waals surface area contributed by atoms with Crippen LogP contribution in [-0.4, -0.2) is 34.0 Å². The number of hydrogen-bond acceptors (Lipinski definition) is 4. The van der Waals surface area contributed by atoms with Gasteiger partial charge in [-0.25, -0.2) is 4.98 Å². The van der Waals surface area contributed by atoms with Crippen LogP contribution in [0.1, 0.15) is 22.5 Å². The summed E-state index contributed by atoms with van der Waals surface area (Å²) in [4.78, 5) is 18.0. The van der Waals surface area contributed by atoms with Crippen LogP contribution in [0, 0.1) is 13.8 Å². The smallest absolute Gasteiger partial charge is 0.317 e. The second-order valence-corrected chi connectivity index (χ2v) is 4.73. The minimum Gasteiger partial charge on any atom is -0.480 e. The molecular weight excluding hydrogens is 212 g/mol. The average Bonchev–Trinajstić information content (AvgIpc) is 2.44.